The average Bonchev–Trinajstić information content (AvgIpc) is 2.84. The number of anilines is 1. The van der Waals surface area contributed by atoms with Crippen LogP contribution >= 0.6 is 11.8 Å². The van der Waals surface area contributed by atoms with Gasteiger partial charge >= 0.3 is 0 Å². The summed E-state index contributed by atoms with van der Waals surface area (Å²) in [5, 5.41) is 4.00. The van der Waals surface area contributed by atoms with E-state index in [4.69, 9.17) is 0 Å². The van der Waals surface area contributed by atoms with Crippen LogP contribution in [-0.2, 0) is 0 Å². The highest BCUT2D eigenvalue weighted by Gasteiger charge is 2.31. The van der Waals surface area contributed by atoms with E-state index in [2.05, 4.69) is 12.2 Å². The molecular formula is C16H24FNS. The molecule has 19 heavy (non-hydrogen) atoms. The summed E-state index contributed by atoms with van der Waals surface area (Å²) in [4.78, 5) is 1.08. The van der Waals surface area contributed by atoms with E-state index >= 15 is 0 Å². The molecule has 2 aliphatic rings. The molecule has 3 heteroatoms. The van der Waals surface area contributed by atoms with Gasteiger partial charge in [0.15, 0.2) is 0 Å². The Morgan fingerprint density at radius 1 is 1.16 bits per heavy atom. The summed E-state index contributed by atoms with van der Waals surface area (Å²) in [5.74, 6) is 1.50. The van der Waals surface area contributed by atoms with E-state index in [1.807, 2.05) is 19.9 Å². The lowest BCUT2D eigenvalue weighted by molar-refractivity contribution is 0.292. The molecule has 1 aliphatic heterocycles. The fraction of sp³-hybridized carbons (Fsp3) is 0.625. The van der Waals surface area contributed by atoms with Crippen molar-refractivity contribution in [2.45, 2.75) is 56.7 Å². The first-order valence-electron chi connectivity index (χ1n) is 7.45. The van der Waals surface area contributed by atoms with Crippen molar-refractivity contribution in [2.24, 2.45) is 11.8 Å². The molecule has 0 bridgehead atoms. The fourth-order valence-corrected chi connectivity index (χ4v) is 4.19. The molecule has 1 saturated carbocycles. The monoisotopic (exact) mass is 281 g/mol. The van der Waals surface area contributed by atoms with Crippen molar-refractivity contribution in [3.8, 4) is 0 Å². The molecule has 1 nitrogen and oxygen atoms in total. The minimum absolute atomic E-state index is 0.129. The third kappa shape index (κ3) is 3.44. The molecule has 0 aromatic heterocycles. The standard InChI is InChI=1S/C14H18FNS.C2H6/c1-9-2-4-10(5-3-9)14-16-12-7-6-11(15)8-13(12)17-14;1-2/h6-10,14,16H,2-5H2,1H3;1-2H3. The van der Waals surface area contributed by atoms with Crippen LogP contribution in [0.25, 0.3) is 0 Å². The zero-order chi connectivity index (χ0) is 13.8. The lowest BCUT2D eigenvalue weighted by Gasteiger charge is -2.30. The van der Waals surface area contributed by atoms with Gasteiger partial charge in [0, 0.05) is 10.6 Å². The summed E-state index contributed by atoms with van der Waals surface area (Å²) in [6.45, 7) is 6.34. The van der Waals surface area contributed by atoms with Gasteiger partial charge in [0.25, 0.3) is 0 Å². The first-order chi connectivity index (χ1) is 9.22. The summed E-state index contributed by atoms with van der Waals surface area (Å²) in [5.41, 5.74) is 1.11. The Balaban J connectivity index is 0.000000637. The van der Waals surface area contributed by atoms with Gasteiger partial charge < -0.3 is 5.32 Å². The normalized spacial score (nSPS) is 28.9. The van der Waals surface area contributed by atoms with Crippen molar-refractivity contribution < 1.29 is 4.39 Å². The number of rotatable bonds is 1. The average molecular weight is 281 g/mol. The maximum atomic E-state index is 13.1. The van der Waals surface area contributed by atoms with E-state index in [0.717, 1.165) is 22.4 Å². The Kier molecular flexibility index (Phi) is 5.14. The van der Waals surface area contributed by atoms with Crippen LogP contribution in [0.1, 0.15) is 46.5 Å². The Hall–Kier alpha value is -0.700. The van der Waals surface area contributed by atoms with Gasteiger partial charge in [0.05, 0.1) is 5.37 Å². The van der Waals surface area contributed by atoms with Crippen molar-refractivity contribution >= 4 is 17.4 Å². The van der Waals surface area contributed by atoms with Crippen molar-refractivity contribution in [3.05, 3.63) is 24.0 Å². The molecule has 1 aromatic rings. The molecule has 0 amide bonds. The van der Waals surface area contributed by atoms with Crippen LogP contribution < -0.4 is 5.32 Å². The summed E-state index contributed by atoms with van der Waals surface area (Å²) in [7, 11) is 0. The summed E-state index contributed by atoms with van der Waals surface area (Å²) < 4.78 is 13.1. The Bertz CT molecular complexity index is 413. The van der Waals surface area contributed by atoms with Crippen LogP contribution in [-0.4, -0.2) is 5.37 Å². The van der Waals surface area contributed by atoms with E-state index in [0.29, 0.717) is 5.37 Å². The predicted octanol–water partition coefficient (Wildman–Crippen LogP) is 5.52. The first kappa shape index (κ1) is 14.7. The van der Waals surface area contributed by atoms with Crippen LogP contribution in [0.4, 0.5) is 10.1 Å². The third-order valence-electron chi connectivity index (χ3n) is 3.98. The smallest absolute Gasteiger partial charge is 0.124 e. The quantitative estimate of drug-likeness (QED) is 0.727. The Morgan fingerprint density at radius 2 is 1.84 bits per heavy atom. The number of hydrogen-bond donors (Lipinski definition) is 1. The van der Waals surface area contributed by atoms with Gasteiger partial charge in [-0.3, -0.25) is 0 Å². The second-order valence-corrected chi connectivity index (χ2v) is 6.53. The maximum absolute atomic E-state index is 13.1. The number of thioether (sulfide) groups is 1. The zero-order valence-corrected chi connectivity index (χ0v) is 12.9. The molecule has 1 aromatic carbocycles. The molecule has 0 spiro atoms. The highest BCUT2D eigenvalue weighted by atomic mass is 32.2. The van der Waals surface area contributed by atoms with Gasteiger partial charge in [-0.1, -0.05) is 45.4 Å². The van der Waals surface area contributed by atoms with Gasteiger partial charge in [0.2, 0.25) is 0 Å². The molecule has 1 aliphatic carbocycles. The first-order valence-corrected chi connectivity index (χ1v) is 8.33. The van der Waals surface area contributed by atoms with Crippen LogP contribution in [0.2, 0.25) is 0 Å². The van der Waals surface area contributed by atoms with Crippen molar-refractivity contribution in [1.29, 1.82) is 0 Å². The lowest BCUT2D eigenvalue weighted by atomic mass is 9.83. The van der Waals surface area contributed by atoms with E-state index in [1.165, 1.54) is 31.7 Å². The maximum Gasteiger partial charge on any atom is 0.124 e. The minimum Gasteiger partial charge on any atom is -0.372 e. The predicted molar refractivity (Wildman–Crippen MR) is 82.1 cm³/mol. The van der Waals surface area contributed by atoms with E-state index in [9.17, 15) is 4.39 Å². The second-order valence-electron chi connectivity index (χ2n) is 5.34. The minimum atomic E-state index is -0.129. The summed E-state index contributed by atoms with van der Waals surface area (Å²) >= 11 is 1.81. The van der Waals surface area contributed by atoms with Crippen LogP contribution in [0.15, 0.2) is 23.1 Å². The van der Waals surface area contributed by atoms with Crippen LogP contribution in [0, 0.1) is 17.7 Å². The third-order valence-corrected chi connectivity index (χ3v) is 5.33. The van der Waals surface area contributed by atoms with Crippen molar-refractivity contribution in [3.63, 3.8) is 0 Å². The molecule has 1 atom stereocenters. The number of hydrogen-bond acceptors (Lipinski definition) is 2. The van der Waals surface area contributed by atoms with E-state index < -0.39 is 0 Å². The van der Waals surface area contributed by atoms with Gasteiger partial charge in [-0.25, -0.2) is 4.39 Å². The zero-order valence-electron chi connectivity index (χ0n) is 12.1. The molecule has 1 unspecified atom stereocenters. The SMILES string of the molecule is CC.CC1CCC(C2Nc3ccc(F)cc3S2)CC1. The van der Waals surface area contributed by atoms with Crippen molar-refractivity contribution in [1.82, 2.24) is 0 Å². The van der Waals surface area contributed by atoms with Crippen molar-refractivity contribution in [2.75, 3.05) is 5.32 Å². The van der Waals surface area contributed by atoms with Crippen LogP contribution in [0.5, 0.6) is 0 Å². The summed E-state index contributed by atoms with van der Waals surface area (Å²) in [6, 6.07) is 5.05. The second kappa shape index (κ2) is 6.65. The molecule has 1 heterocycles. The molecule has 0 saturated heterocycles. The molecule has 1 N–H and O–H groups in total. The number of halogens is 1. The van der Waals surface area contributed by atoms with E-state index in [-0.39, 0.29) is 5.82 Å². The number of nitrogens with one attached hydrogen (secondary N) is 1. The fourth-order valence-electron chi connectivity index (χ4n) is 2.84. The number of fused-ring (bicyclic) bond motifs is 1. The largest absolute Gasteiger partial charge is 0.372 e. The van der Waals surface area contributed by atoms with Gasteiger partial charge in [0.1, 0.15) is 5.82 Å². The van der Waals surface area contributed by atoms with E-state index in [1.54, 1.807) is 17.8 Å². The molecular weight excluding hydrogens is 257 g/mol. The molecule has 1 fully saturated rings. The topological polar surface area (TPSA) is 12.0 Å². The van der Waals surface area contributed by atoms with Gasteiger partial charge in [-0.15, -0.1) is 0 Å². The molecule has 3 rings (SSSR count). The van der Waals surface area contributed by atoms with Gasteiger partial charge in [-0.2, -0.15) is 0 Å². The van der Waals surface area contributed by atoms with Gasteiger partial charge in [-0.05, 0) is 42.9 Å². The Labute approximate surface area is 120 Å². The lowest BCUT2D eigenvalue weighted by Crippen LogP contribution is -2.26. The number of benzene rings is 1. The van der Waals surface area contributed by atoms with Crippen LogP contribution in [0.3, 0.4) is 0 Å². The molecule has 0 radical (unpaired) electrons. The molecule has 106 valence electrons. The highest BCUT2D eigenvalue weighted by Crippen LogP contribution is 2.45. The highest BCUT2D eigenvalue weighted by molar-refractivity contribution is 8.00. The Morgan fingerprint density at radius 3 is 2.53 bits per heavy atom. The summed E-state index contributed by atoms with van der Waals surface area (Å²) in [6.07, 6.45) is 5.30.